The maximum absolute atomic E-state index is 13.6. The van der Waals surface area contributed by atoms with Crippen LogP contribution >= 0.6 is 22.6 Å². The zero-order chi connectivity index (χ0) is 28.2. The summed E-state index contributed by atoms with van der Waals surface area (Å²) in [5.74, 6) is 1.09. The van der Waals surface area contributed by atoms with E-state index in [9.17, 15) is 9.59 Å². The van der Waals surface area contributed by atoms with Crippen LogP contribution in [0.25, 0.3) is 33.5 Å². The van der Waals surface area contributed by atoms with Crippen LogP contribution in [0.2, 0.25) is 0 Å². The van der Waals surface area contributed by atoms with Gasteiger partial charge in [0.05, 0.1) is 33.4 Å². The van der Waals surface area contributed by atoms with Gasteiger partial charge in [0.2, 0.25) is 5.82 Å². The molecule has 9 nitrogen and oxygen atoms in total. The van der Waals surface area contributed by atoms with Gasteiger partial charge in [-0.3, -0.25) is 4.79 Å². The summed E-state index contributed by atoms with van der Waals surface area (Å²) in [6.45, 7) is 5.54. The number of hydrogen-bond acceptors (Lipinski definition) is 8. The molecule has 0 saturated carbocycles. The summed E-state index contributed by atoms with van der Waals surface area (Å²) >= 11 is 2.11. The molecule has 204 valence electrons. The number of rotatable bonds is 9. The van der Waals surface area contributed by atoms with Gasteiger partial charge in [-0.15, -0.1) is 0 Å². The molecule has 3 aromatic carbocycles. The molecule has 10 heteroatoms. The Hall–Kier alpha value is -4.19. The van der Waals surface area contributed by atoms with Gasteiger partial charge in [0, 0.05) is 5.39 Å². The number of carbonyl (C=O) groups excluding carboxylic acids is 1. The number of para-hydroxylation sites is 2. The van der Waals surface area contributed by atoms with Crippen LogP contribution in [0.1, 0.15) is 26.3 Å². The van der Waals surface area contributed by atoms with Crippen LogP contribution < -0.4 is 15.0 Å². The quantitative estimate of drug-likeness (QED) is 0.109. The van der Waals surface area contributed by atoms with E-state index in [0.29, 0.717) is 49.5 Å². The Morgan fingerprint density at radius 2 is 1.88 bits per heavy atom. The molecule has 0 bridgehead atoms. The second-order valence-electron chi connectivity index (χ2n) is 9.05. The highest BCUT2D eigenvalue weighted by Gasteiger charge is 2.18. The first-order valence-corrected chi connectivity index (χ1v) is 13.8. The van der Waals surface area contributed by atoms with Crippen molar-refractivity contribution in [3.63, 3.8) is 0 Å². The van der Waals surface area contributed by atoms with Gasteiger partial charge in [0.15, 0.2) is 23.9 Å². The summed E-state index contributed by atoms with van der Waals surface area (Å²) in [6.07, 6.45) is 1.31. The number of aromatic nitrogens is 2. The van der Waals surface area contributed by atoms with Gasteiger partial charge in [-0.05, 0) is 85.3 Å². The molecule has 0 saturated heterocycles. The van der Waals surface area contributed by atoms with Crippen LogP contribution in [0.15, 0.2) is 81.0 Å². The molecule has 2 aromatic heterocycles. The molecular formula is C30H26IN3O6. The van der Waals surface area contributed by atoms with Crippen molar-refractivity contribution < 1.29 is 23.4 Å². The van der Waals surface area contributed by atoms with E-state index in [-0.39, 0.29) is 24.1 Å². The molecule has 5 rings (SSSR count). The average Bonchev–Trinajstić information content (AvgIpc) is 3.36. The van der Waals surface area contributed by atoms with Crippen LogP contribution in [0, 0.1) is 3.57 Å². The number of ether oxygens (including phenoxy) is 3. The van der Waals surface area contributed by atoms with E-state index in [1.54, 1.807) is 44.3 Å². The molecule has 0 spiro atoms. The monoisotopic (exact) mass is 651 g/mol. The van der Waals surface area contributed by atoms with Crippen molar-refractivity contribution in [1.82, 2.24) is 9.66 Å². The van der Waals surface area contributed by atoms with Gasteiger partial charge >= 0.3 is 5.97 Å². The minimum Gasteiger partial charge on any atom is -0.490 e. The third kappa shape index (κ3) is 5.86. The van der Waals surface area contributed by atoms with Crippen LogP contribution in [0.3, 0.4) is 0 Å². The first-order valence-electron chi connectivity index (χ1n) is 12.7. The summed E-state index contributed by atoms with van der Waals surface area (Å²) in [5, 5.41) is 5.85. The van der Waals surface area contributed by atoms with Crippen LogP contribution in [0.5, 0.6) is 11.5 Å². The van der Waals surface area contributed by atoms with Gasteiger partial charge in [0.25, 0.3) is 5.56 Å². The Morgan fingerprint density at radius 1 is 1.10 bits per heavy atom. The molecule has 0 aliphatic carbocycles. The highest BCUT2D eigenvalue weighted by atomic mass is 127. The molecule has 2 heterocycles. The van der Waals surface area contributed by atoms with E-state index in [0.717, 1.165) is 5.39 Å². The predicted octanol–water partition coefficient (Wildman–Crippen LogP) is 6.03. The van der Waals surface area contributed by atoms with Crippen molar-refractivity contribution in [2.45, 2.75) is 26.9 Å². The smallest absolute Gasteiger partial charge is 0.344 e. The number of nitrogens with zero attached hydrogens (tertiary/aromatic N) is 3. The van der Waals surface area contributed by atoms with E-state index in [1.807, 2.05) is 49.4 Å². The zero-order valence-corrected chi connectivity index (χ0v) is 24.2. The molecule has 0 fully saturated rings. The van der Waals surface area contributed by atoms with Crippen LogP contribution in [-0.4, -0.2) is 41.2 Å². The molecular weight excluding hydrogens is 625 g/mol. The van der Waals surface area contributed by atoms with Gasteiger partial charge in [-0.25, -0.2) is 9.78 Å². The Balaban J connectivity index is 1.55. The fourth-order valence-corrected chi connectivity index (χ4v) is 4.88. The topological polar surface area (TPSA) is 105 Å². The van der Waals surface area contributed by atoms with Gasteiger partial charge in [-0.2, -0.15) is 9.78 Å². The molecule has 0 N–H and O–H groups in total. The average molecular weight is 651 g/mol. The summed E-state index contributed by atoms with van der Waals surface area (Å²) in [7, 11) is 0. The Kier molecular flexibility index (Phi) is 8.15. The number of hydrogen-bond donors (Lipinski definition) is 0. The minimum absolute atomic E-state index is 0.238. The summed E-state index contributed by atoms with van der Waals surface area (Å²) in [6, 6.07) is 20.1. The molecule has 0 amide bonds. The Bertz CT molecular complexity index is 1760. The van der Waals surface area contributed by atoms with E-state index < -0.39 is 5.97 Å². The third-order valence-electron chi connectivity index (χ3n) is 5.76. The molecule has 0 unspecified atom stereocenters. The number of halogens is 1. The predicted molar refractivity (Wildman–Crippen MR) is 161 cm³/mol. The van der Waals surface area contributed by atoms with Crippen molar-refractivity contribution >= 4 is 56.6 Å². The van der Waals surface area contributed by atoms with Gasteiger partial charge < -0.3 is 18.6 Å². The molecule has 40 heavy (non-hydrogen) atoms. The number of furan rings is 1. The lowest BCUT2D eigenvalue weighted by molar-refractivity contribution is -0.149. The maximum atomic E-state index is 13.6. The van der Waals surface area contributed by atoms with E-state index in [2.05, 4.69) is 27.7 Å². The molecule has 5 aromatic rings. The van der Waals surface area contributed by atoms with Crippen molar-refractivity contribution in [2.24, 2.45) is 5.10 Å². The zero-order valence-electron chi connectivity index (χ0n) is 22.1. The molecule has 0 atom stereocenters. The molecule has 0 radical (unpaired) electrons. The van der Waals surface area contributed by atoms with Crippen LogP contribution in [-0.2, 0) is 9.53 Å². The fourth-order valence-electron chi connectivity index (χ4n) is 4.10. The van der Waals surface area contributed by atoms with Gasteiger partial charge in [0.1, 0.15) is 5.58 Å². The van der Waals surface area contributed by atoms with E-state index in [4.69, 9.17) is 23.6 Å². The molecule has 0 aliphatic rings. The van der Waals surface area contributed by atoms with Crippen molar-refractivity contribution in [2.75, 3.05) is 13.2 Å². The number of fused-ring (bicyclic) bond motifs is 2. The van der Waals surface area contributed by atoms with Crippen molar-refractivity contribution in [3.05, 3.63) is 86.2 Å². The largest absolute Gasteiger partial charge is 0.490 e. The third-order valence-corrected chi connectivity index (χ3v) is 6.56. The Labute approximate surface area is 243 Å². The van der Waals surface area contributed by atoms with Crippen molar-refractivity contribution in [3.8, 4) is 23.1 Å². The number of esters is 1. The van der Waals surface area contributed by atoms with Gasteiger partial charge in [-0.1, -0.05) is 30.3 Å². The van der Waals surface area contributed by atoms with Crippen molar-refractivity contribution in [1.29, 1.82) is 0 Å². The highest BCUT2D eigenvalue weighted by molar-refractivity contribution is 14.1. The minimum atomic E-state index is -0.472. The maximum Gasteiger partial charge on any atom is 0.344 e. The fraction of sp³-hybridized carbons (Fsp3) is 0.200. The van der Waals surface area contributed by atoms with Crippen LogP contribution in [0.4, 0.5) is 0 Å². The molecule has 0 aliphatic heterocycles. The normalized spacial score (nSPS) is 11.5. The second kappa shape index (κ2) is 11.9. The van der Waals surface area contributed by atoms with E-state index >= 15 is 0 Å². The van der Waals surface area contributed by atoms with E-state index in [1.165, 1.54) is 4.68 Å². The lowest BCUT2D eigenvalue weighted by Crippen LogP contribution is -2.20. The Morgan fingerprint density at radius 3 is 2.65 bits per heavy atom. The number of carbonyl (C=O) groups is 1. The lowest BCUT2D eigenvalue weighted by Gasteiger charge is -2.15. The summed E-state index contributed by atoms with van der Waals surface area (Å²) in [5.41, 5.74) is 1.54. The first-order chi connectivity index (χ1) is 19.3. The summed E-state index contributed by atoms with van der Waals surface area (Å²) in [4.78, 5) is 30.3. The standard InChI is InChI=1S/C30H26IN3O6/c1-4-37-25-14-19(13-22(31)28(25)38-17-27(35)39-18(2)3)16-32-34-29(26-15-20-9-5-8-12-24(20)40-26)33-23-11-7-6-10-21(23)30(34)36/h5-16,18H,4,17H2,1-3H3. The lowest BCUT2D eigenvalue weighted by atomic mass is 10.2. The number of benzene rings is 3. The highest BCUT2D eigenvalue weighted by Crippen LogP contribution is 2.34. The SMILES string of the molecule is CCOc1cc(C=Nn2c(-c3cc4ccccc4o3)nc3ccccc3c2=O)cc(I)c1OCC(=O)OC(C)C. The second-order valence-corrected chi connectivity index (χ2v) is 10.2. The summed E-state index contributed by atoms with van der Waals surface area (Å²) < 4.78 is 24.7. The first kappa shape index (κ1) is 27.4.